The summed E-state index contributed by atoms with van der Waals surface area (Å²) >= 11 is 1.75. The Hall–Kier alpha value is -0.780. The summed E-state index contributed by atoms with van der Waals surface area (Å²) in [5.41, 5.74) is 0. The second kappa shape index (κ2) is 8.33. The Labute approximate surface area is 105 Å². The molecule has 0 radical (unpaired) electrons. The van der Waals surface area contributed by atoms with E-state index in [2.05, 4.69) is 5.32 Å². The van der Waals surface area contributed by atoms with Crippen LogP contribution in [0.5, 0.6) is 5.75 Å². The fourth-order valence-corrected chi connectivity index (χ4v) is 1.57. The summed E-state index contributed by atoms with van der Waals surface area (Å²) in [7, 11) is 0. The van der Waals surface area contributed by atoms with Gasteiger partial charge in [0.2, 0.25) is 0 Å². The van der Waals surface area contributed by atoms with Crippen molar-refractivity contribution in [3.63, 3.8) is 0 Å². The molecule has 0 fully saturated rings. The van der Waals surface area contributed by atoms with Gasteiger partial charge in [-0.2, -0.15) is 11.8 Å². The number of aliphatic hydroxyl groups excluding tert-OH is 1. The molecule has 3 nitrogen and oxygen atoms in total. The smallest absolute Gasteiger partial charge is 0.123 e. The Morgan fingerprint density at radius 1 is 1.41 bits per heavy atom. The maximum Gasteiger partial charge on any atom is 0.123 e. The number of rotatable bonds is 8. The third kappa shape index (κ3) is 6.51. The molecule has 1 unspecified atom stereocenters. The van der Waals surface area contributed by atoms with E-state index in [4.69, 9.17) is 4.74 Å². The molecule has 0 saturated heterocycles. The molecule has 5 heteroatoms. The third-order valence-corrected chi connectivity index (χ3v) is 2.73. The topological polar surface area (TPSA) is 41.5 Å². The summed E-state index contributed by atoms with van der Waals surface area (Å²) in [5.74, 6) is 1.29. The summed E-state index contributed by atoms with van der Waals surface area (Å²) in [5, 5.41) is 12.7. The van der Waals surface area contributed by atoms with Gasteiger partial charge in [-0.15, -0.1) is 0 Å². The fraction of sp³-hybridized carbons (Fsp3) is 0.500. The second-order valence-corrected chi connectivity index (χ2v) is 4.60. The van der Waals surface area contributed by atoms with E-state index in [1.807, 2.05) is 6.26 Å². The zero-order valence-corrected chi connectivity index (χ0v) is 10.7. The maximum atomic E-state index is 12.6. The van der Waals surface area contributed by atoms with Gasteiger partial charge in [-0.05, 0) is 30.5 Å². The fourth-order valence-electron chi connectivity index (χ4n) is 1.23. The molecule has 0 bridgehead atoms. The van der Waals surface area contributed by atoms with Crippen LogP contribution in [0.3, 0.4) is 0 Å². The van der Waals surface area contributed by atoms with Crippen LogP contribution < -0.4 is 10.1 Å². The number of hydrogen-bond acceptors (Lipinski definition) is 4. The molecule has 1 aromatic carbocycles. The van der Waals surface area contributed by atoms with Crippen LogP contribution in [0.2, 0.25) is 0 Å². The van der Waals surface area contributed by atoms with Crippen LogP contribution in [-0.4, -0.2) is 42.9 Å². The minimum Gasteiger partial charge on any atom is -0.491 e. The first kappa shape index (κ1) is 14.3. The standard InChI is InChI=1S/C12H18FNO2S/c1-17-7-6-14-8-11(15)9-16-12-4-2-10(13)3-5-12/h2-5,11,14-15H,6-9H2,1H3. The van der Waals surface area contributed by atoms with Crippen molar-refractivity contribution in [3.05, 3.63) is 30.1 Å². The lowest BCUT2D eigenvalue weighted by Crippen LogP contribution is -2.32. The maximum absolute atomic E-state index is 12.6. The van der Waals surface area contributed by atoms with Gasteiger partial charge in [0.15, 0.2) is 0 Å². The third-order valence-electron chi connectivity index (χ3n) is 2.12. The van der Waals surface area contributed by atoms with Crippen molar-refractivity contribution in [1.29, 1.82) is 0 Å². The predicted molar refractivity (Wildman–Crippen MR) is 69.2 cm³/mol. The van der Waals surface area contributed by atoms with Crippen LogP contribution in [0.15, 0.2) is 24.3 Å². The molecule has 96 valence electrons. The van der Waals surface area contributed by atoms with Gasteiger partial charge >= 0.3 is 0 Å². The minimum absolute atomic E-state index is 0.206. The van der Waals surface area contributed by atoms with Gasteiger partial charge < -0.3 is 15.2 Å². The number of halogens is 1. The summed E-state index contributed by atoms with van der Waals surface area (Å²) in [4.78, 5) is 0. The zero-order chi connectivity index (χ0) is 12.5. The Morgan fingerprint density at radius 3 is 2.76 bits per heavy atom. The van der Waals surface area contributed by atoms with Crippen molar-refractivity contribution in [2.45, 2.75) is 6.10 Å². The molecule has 0 spiro atoms. The highest BCUT2D eigenvalue weighted by molar-refractivity contribution is 7.98. The first-order chi connectivity index (χ1) is 8.22. The van der Waals surface area contributed by atoms with Crippen molar-refractivity contribution >= 4 is 11.8 Å². The Morgan fingerprint density at radius 2 is 2.12 bits per heavy atom. The van der Waals surface area contributed by atoms with Gasteiger partial charge in [-0.3, -0.25) is 0 Å². The van der Waals surface area contributed by atoms with E-state index >= 15 is 0 Å². The number of nitrogens with one attached hydrogen (secondary N) is 1. The van der Waals surface area contributed by atoms with Gasteiger partial charge in [0, 0.05) is 18.8 Å². The van der Waals surface area contributed by atoms with Crippen LogP contribution in [0.4, 0.5) is 4.39 Å². The number of thioether (sulfide) groups is 1. The van der Waals surface area contributed by atoms with E-state index in [9.17, 15) is 9.50 Å². The monoisotopic (exact) mass is 259 g/mol. The summed E-state index contributed by atoms with van der Waals surface area (Å²) in [6.45, 7) is 1.58. The molecule has 0 aromatic heterocycles. The van der Waals surface area contributed by atoms with Gasteiger partial charge in [-0.25, -0.2) is 4.39 Å². The van der Waals surface area contributed by atoms with E-state index in [-0.39, 0.29) is 12.4 Å². The van der Waals surface area contributed by atoms with Crippen LogP contribution >= 0.6 is 11.8 Å². The van der Waals surface area contributed by atoms with E-state index in [0.29, 0.717) is 12.3 Å². The van der Waals surface area contributed by atoms with E-state index < -0.39 is 6.10 Å². The largest absolute Gasteiger partial charge is 0.491 e. The molecule has 1 aromatic rings. The van der Waals surface area contributed by atoms with Crippen molar-refractivity contribution in [1.82, 2.24) is 5.32 Å². The van der Waals surface area contributed by atoms with Crippen molar-refractivity contribution < 1.29 is 14.2 Å². The molecule has 0 aliphatic heterocycles. The van der Waals surface area contributed by atoms with Gasteiger partial charge in [0.1, 0.15) is 24.3 Å². The molecule has 0 aliphatic carbocycles. The first-order valence-corrected chi connectivity index (χ1v) is 6.88. The minimum atomic E-state index is -0.554. The molecular weight excluding hydrogens is 241 g/mol. The second-order valence-electron chi connectivity index (χ2n) is 3.62. The summed E-state index contributed by atoms with van der Waals surface area (Å²) < 4.78 is 17.9. The van der Waals surface area contributed by atoms with Gasteiger partial charge in [0.05, 0.1) is 0 Å². The van der Waals surface area contributed by atoms with E-state index in [1.165, 1.54) is 12.1 Å². The van der Waals surface area contributed by atoms with Crippen LogP contribution in [0.25, 0.3) is 0 Å². The number of ether oxygens (including phenoxy) is 1. The number of hydrogen-bond donors (Lipinski definition) is 2. The lowest BCUT2D eigenvalue weighted by Gasteiger charge is -2.13. The molecule has 0 amide bonds. The lowest BCUT2D eigenvalue weighted by molar-refractivity contribution is 0.107. The lowest BCUT2D eigenvalue weighted by atomic mass is 10.3. The molecule has 1 atom stereocenters. The van der Waals surface area contributed by atoms with Crippen molar-refractivity contribution in [2.24, 2.45) is 0 Å². The zero-order valence-electron chi connectivity index (χ0n) is 9.86. The summed E-state index contributed by atoms with van der Waals surface area (Å²) in [6.07, 6.45) is 1.48. The van der Waals surface area contributed by atoms with Crippen LogP contribution in [-0.2, 0) is 0 Å². The highest BCUT2D eigenvalue weighted by Gasteiger charge is 2.04. The predicted octanol–water partition coefficient (Wildman–Crippen LogP) is 1.52. The van der Waals surface area contributed by atoms with Crippen molar-refractivity contribution in [3.8, 4) is 5.75 Å². The highest BCUT2D eigenvalue weighted by Crippen LogP contribution is 2.11. The number of benzene rings is 1. The molecule has 0 saturated carbocycles. The number of aliphatic hydroxyl groups is 1. The highest BCUT2D eigenvalue weighted by atomic mass is 32.2. The molecule has 0 aliphatic rings. The molecule has 2 N–H and O–H groups in total. The average Bonchev–Trinajstić information content (AvgIpc) is 2.34. The summed E-state index contributed by atoms with van der Waals surface area (Å²) in [6, 6.07) is 5.75. The Balaban J connectivity index is 2.14. The van der Waals surface area contributed by atoms with Crippen LogP contribution in [0, 0.1) is 5.82 Å². The molecule has 1 rings (SSSR count). The van der Waals surface area contributed by atoms with E-state index in [0.717, 1.165) is 12.3 Å². The van der Waals surface area contributed by atoms with E-state index in [1.54, 1.807) is 23.9 Å². The van der Waals surface area contributed by atoms with Crippen molar-refractivity contribution in [2.75, 3.05) is 31.7 Å². The van der Waals surface area contributed by atoms with Gasteiger partial charge in [-0.1, -0.05) is 0 Å². The van der Waals surface area contributed by atoms with Gasteiger partial charge in [0.25, 0.3) is 0 Å². The van der Waals surface area contributed by atoms with Crippen LogP contribution in [0.1, 0.15) is 0 Å². The first-order valence-electron chi connectivity index (χ1n) is 5.48. The Bertz CT molecular complexity index is 308. The average molecular weight is 259 g/mol. The molecule has 17 heavy (non-hydrogen) atoms. The SMILES string of the molecule is CSCCNCC(O)COc1ccc(F)cc1. The molecule has 0 heterocycles. The quantitative estimate of drug-likeness (QED) is 0.695. The normalized spacial score (nSPS) is 12.4. The Kier molecular flexibility index (Phi) is 7.00. The molecular formula is C12H18FNO2S.